The Balaban J connectivity index is 1.88. The topological polar surface area (TPSA) is 62.7 Å². The van der Waals surface area contributed by atoms with Gasteiger partial charge in [-0.05, 0) is 24.3 Å². The summed E-state index contributed by atoms with van der Waals surface area (Å²) in [6.45, 7) is 0.767. The third-order valence-corrected chi connectivity index (χ3v) is 3.05. The van der Waals surface area contributed by atoms with Gasteiger partial charge < -0.3 is 10.1 Å². The van der Waals surface area contributed by atoms with Gasteiger partial charge in [0.15, 0.2) is 5.17 Å². The van der Waals surface area contributed by atoms with Crippen molar-refractivity contribution in [3.8, 4) is 5.75 Å². The van der Waals surface area contributed by atoms with Gasteiger partial charge in [-0.1, -0.05) is 11.8 Å². The van der Waals surface area contributed by atoms with Gasteiger partial charge in [-0.2, -0.15) is 0 Å². The Morgan fingerprint density at radius 2 is 2.12 bits per heavy atom. The van der Waals surface area contributed by atoms with Crippen LogP contribution >= 0.6 is 11.8 Å². The number of aliphatic imine (C=N–C) groups is 1. The van der Waals surface area contributed by atoms with Gasteiger partial charge >= 0.3 is 6.03 Å². The molecule has 1 aliphatic heterocycles. The fourth-order valence-electron chi connectivity index (χ4n) is 1.34. The number of rotatable bonds is 2. The lowest BCUT2D eigenvalue weighted by Crippen LogP contribution is -2.31. The molecule has 0 bridgehead atoms. The number of amides is 2. The fourth-order valence-corrected chi connectivity index (χ4v) is 2.07. The van der Waals surface area contributed by atoms with Gasteiger partial charge in [-0.3, -0.25) is 10.3 Å². The minimum absolute atomic E-state index is 0.275. The van der Waals surface area contributed by atoms with Crippen LogP contribution in [0.3, 0.4) is 0 Å². The van der Waals surface area contributed by atoms with Crippen LogP contribution in [0, 0.1) is 0 Å². The predicted octanol–water partition coefficient (Wildman–Crippen LogP) is 1.92. The number of thioether (sulfide) groups is 1. The van der Waals surface area contributed by atoms with Crippen molar-refractivity contribution in [1.29, 1.82) is 0 Å². The molecule has 0 fully saturated rings. The minimum atomic E-state index is -0.275. The van der Waals surface area contributed by atoms with E-state index < -0.39 is 0 Å². The minimum Gasteiger partial charge on any atom is -0.497 e. The molecule has 0 spiro atoms. The van der Waals surface area contributed by atoms with Crippen LogP contribution in [0.2, 0.25) is 0 Å². The van der Waals surface area contributed by atoms with E-state index in [4.69, 9.17) is 4.74 Å². The van der Waals surface area contributed by atoms with E-state index in [1.54, 1.807) is 43.1 Å². The molecule has 17 heavy (non-hydrogen) atoms. The molecule has 90 valence electrons. The quantitative estimate of drug-likeness (QED) is 0.844. The maximum atomic E-state index is 11.6. The normalized spacial score (nSPS) is 14.1. The molecule has 2 amide bonds. The lowest BCUT2D eigenvalue weighted by molar-refractivity contribution is 0.256. The highest BCUT2D eigenvalue weighted by Crippen LogP contribution is 2.15. The first-order valence-corrected chi connectivity index (χ1v) is 6.16. The van der Waals surface area contributed by atoms with E-state index in [0.29, 0.717) is 10.9 Å². The summed E-state index contributed by atoms with van der Waals surface area (Å²) in [6.07, 6.45) is 0. The number of urea groups is 1. The average Bonchev–Trinajstić information content (AvgIpc) is 2.82. The van der Waals surface area contributed by atoms with Crippen LogP contribution in [0.15, 0.2) is 29.3 Å². The van der Waals surface area contributed by atoms with Gasteiger partial charge in [0.25, 0.3) is 0 Å². The number of carbonyl (C=O) groups is 1. The summed E-state index contributed by atoms with van der Waals surface area (Å²) in [6, 6.07) is 6.86. The van der Waals surface area contributed by atoms with E-state index in [0.717, 1.165) is 18.0 Å². The second kappa shape index (κ2) is 5.58. The van der Waals surface area contributed by atoms with Gasteiger partial charge in [-0.25, -0.2) is 4.79 Å². The SMILES string of the molecule is COc1ccc(NC(=O)NC2=NCCS2)cc1. The molecule has 0 saturated heterocycles. The average molecular weight is 251 g/mol. The number of methoxy groups -OCH3 is 1. The van der Waals surface area contributed by atoms with Gasteiger partial charge in [0.2, 0.25) is 0 Å². The molecule has 0 atom stereocenters. The number of nitrogens with one attached hydrogen (secondary N) is 2. The van der Waals surface area contributed by atoms with Crippen LogP contribution < -0.4 is 15.4 Å². The van der Waals surface area contributed by atoms with Crippen molar-refractivity contribution in [3.63, 3.8) is 0 Å². The van der Waals surface area contributed by atoms with E-state index in [1.165, 1.54) is 0 Å². The zero-order chi connectivity index (χ0) is 12.1. The van der Waals surface area contributed by atoms with Crippen LogP contribution in [-0.2, 0) is 0 Å². The molecular formula is C11H13N3O2S. The number of ether oxygens (including phenoxy) is 1. The van der Waals surface area contributed by atoms with E-state index in [1.807, 2.05) is 0 Å². The first-order chi connectivity index (χ1) is 8.28. The Labute approximate surface area is 104 Å². The van der Waals surface area contributed by atoms with Crippen LogP contribution in [-0.4, -0.2) is 30.6 Å². The van der Waals surface area contributed by atoms with Crippen molar-refractivity contribution < 1.29 is 9.53 Å². The highest BCUT2D eigenvalue weighted by atomic mass is 32.2. The third-order valence-electron chi connectivity index (χ3n) is 2.15. The van der Waals surface area contributed by atoms with Crippen molar-refractivity contribution in [2.24, 2.45) is 4.99 Å². The molecule has 1 heterocycles. The third kappa shape index (κ3) is 3.39. The summed E-state index contributed by atoms with van der Waals surface area (Å²) in [4.78, 5) is 15.7. The standard InChI is InChI=1S/C11H13N3O2S/c1-16-9-4-2-8(3-5-9)13-10(15)14-11-12-6-7-17-11/h2-5H,6-7H2,1H3,(H2,12,13,14,15). The lowest BCUT2D eigenvalue weighted by atomic mass is 10.3. The Morgan fingerprint density at radius 3 is 2.71 bits per heavy atom. The maximum Gasteiger partial charge on any atom is 0.325 e. The molecule has 0 unspecified atom stereocenters. The Morgan fingerprint density at radius 1 is 1.35 bits per heavy atom. The first-order valence-electron chi connectivity index (χ1n) is 5.17. The van der Waals surface area contributed by atoms with Gasteiger partial charge in [0, 0.05) is 11.4 Å². The summed E-state index contributed by atoms with van der Waals surface area (Å²) < 4.78 is 5.03. The molecule has 0 saturated carbocycles. The van der Waals surface area contributed by atoms with E-state index in [-0.39, 0.29) is 6.03 Å². The van der Waals surface area contributed by atoms with Crippen molar-refractivity contribution in [3.05, 3.63) is 24.3 Å². The molecule has 1 aliphatic rings. The maximum absolute atomic E-state index is 11.6. The summed E-state index contributed by atoms with van der Waals surface area (Å²) >= 11 is 1.55. The Bertz CT molecular complexity index is 431. The Hall–Kier alpha value is -1.69. The molecule has 2 N–H and O–H groups in total. The fraction of sp³-hybridized carbons (Fsp3) is 0.273. The molecule has 2 rings (SSSR count). The smallest absolute Gasteiger partial charge is 0.325 e. The molecule has 6 heteroatoms. The number of carbonyl (C=O) groups excluding carboxylic acids is 1. The summed E-state index contributed by atoms with van der Waals surface area (Å²) in [7, 11) is 1.60. The van der Waals surface area contributed by atoms with Gasteiger partial charge in [0.1, 0.15) is 5.75 Å². The summed E-state index contributed by atoms with van der Waals surface area (Å²) in [5.74, 6) is 1.68. The van der Waals surface area contributed by atoms with Crippen LogP contribution in [0.4, 0.5) is 10.5 Å². The molecule has 1 aromatic carbocycles. The van der Waals surface area contributed by atoms with Crippen LogP contribution in [0.1, 0.15) is 0 Å². The van der Waals surface area contributed by atoms with Crippen molar-refractivity contribution in [2.45, 2.75) is 0 Å². The molecule has 0 radical (unpaired) electrons. The number of anilines is 1. The molecule has 1 aromatic rings. The highest BCUT2D eigenvalue weighted by molar-refractivity contribution is 8.14. The summed E-state index contributed by atoms with van der Waals surface area (Å²) in [5.41, 5.74) is 0.715. The van der Waals surface area contributed by atoms with Crippen LogP contribution in [0.5, 0.6) is 5.75 Å². The zero-order valence-electron chi connectivity index (χ0n) is 9.40. The summed E-state index contributed by atoms with van der Waals surface area (Å²) in [5, 5.41) is 6.08. The molecule has 0 aromatic heterocycles. The molecule has 5 nitrogen and oxygen atoms in total. The van der Waals surface area contributed by atoms with E-state index in [9.17, 15) is 4.79 Å². The van der Waals surface area contributed by atoms with Crippen LogP contribution in [0.25, 0.3) is 0 Å². The number of hydrogen-bond acceptors (Lipinski definition) is 4. The second-order valence-corrected chi connectivity index (χ2v) is 4.43. The van der Waals surface area contributed by atoms with Crippen molar-refractivity contribution >= 4 is 28.6 Å². The number of nitrogens with zero attached hydrogens (tertiary/aromatic N) is 1. The lowest BCUT2D eigenvalue weighted by Gasteiger charge is -2.07. The van der Waals surface area contributed by atoms with Crippen molar-refractivity contribution in [1.82, 2.24) is 5.32 Å². The first kappa shape index (κ1) is 11.8. The largest absolute Gasteiger partial charge is 0.497 e. The van der Waals surface area contributed by atoms with Gasteiger partial charge in [-0.15, -0.1) is 0 Å². The van der Waals surface area contributed by atoms with Gasteiger partial charge in [0.05, 0.1) is 13.7 Å². The molecule has 0 aliphatic carbocycles. The zero-order valence-corrected chi connectivity index (χ0v) is 10.2. The number of hydrogen-bond donors (Lipinski definition) is 2. The molecular weight excluding hydrogens is 238 g/mol. The van der Waals surface area contributed by atoms with Crippen molar-refractivity contribution in [2.75, 3.05) is 24.7 Å². The Kier molecular flexibility index (Phi) is 3.87. The second-order valence-electron chi connectivity index (χ2n) is 3.34. The monoisotopic (exact) mass is 251 g/mol. The highest BCUT2D eigenvalue weighted by Gasteiger charge is 2.10. The number of amidine groups is 1. The predicted molar refractivity (Wildman–Crippen MR) is 69.9 cm³/mol. The van der Waals surface area contributed by atoms with E-state index in [2.05, 4.69) is 15.6 Å². The number of benzene rings is 1. The van der Waals surface area contributed by atoms with E-state index >= 15 is 0 Å².